The fourth-order valence-electron chi connectivity index (χ4n) is 4.22. The van der Waals surface area contributed by atoms with Gasteiger partial charge >= 0.3 is 5.97 Å². The maximum absolute atomic E-state index is 12.0. The van der Waals surface area contributed by atoms with E-state index in [9.17, 15) is 9.59 Å². The quantitative estimate of drug-likeness (QED) is 0.488. The number of carbonyl (C=O) groups is 2. The fraction of sp³-hybridized carbons (Fsp3) is 0.733. The first-order valence-electron chi connectivity index (χ1n) is 6.93. The van der Waals surface area contributed by atoms with Crippen molar-refractivity contribution in [3.63, 3.8) is 0 Å². The molecule has 0 spiro atoms. The summed E-state index contributed by atoms with van der Waals surface area (Å²) in [7, 11) is 0. The Kier molecular flexibility index (Phi) is 2.61. The summed E-state index contributed by atoms with van der Waals surface area (Å²) >= 11 is 0. The molecule has 3 heteroatoms. The monoisotopic (exact) mass is 248 g/mol. The van der Waals surface area contributed by atoms with Crippen molar-refractivity contribution in [3.8, 4) is 0 Å². The second-order valence-electron chi connectivity index (χ2n) is 6.26. The van der Waals surface area contributed by atoms with Gasteiger partial charge in [-0.05, 0) is 24.7 Å². The molecule has 18 heavy (non-hydrogen) atoms. The average molecular weight is 248 g/mol. The van der Waals surface area contributed by atoms with Gasteiger partial charge in [0.25, 0.3) is 0 Å². The van der Waals surface area contributed by atoms with Crippen LogP contribution in [0, 0.1) is 29.6 Å². The number of Topliss-reactive ketones (excluding diaryl/α,β-unsaturated/α-hetero) is 1. The topological polar surface area (TPSA) is 43.4 Å². The van der Waals surface area contributed by atoms with Gasteiger partial charge in [-0.3, -0.25) is 4.79 Å². The minimum atomic E-state index is -0.246. The molecule has 6 atom stereocenters. The highest BCUT2D eigenvalue weighted by molar-refractivity contribution is 5.91. The number of esters is 1. The van der Waals surface area contributed by atoms with Gasteiger partial charge in [0, 0.05) is 29.7 Å². The number of hydrogen-bond donors (Lipinski definition) is 0. The first-order chi connectivity index (χ1) is 8.50. The molecule has 3 aliphatic rings. The van der Waals surface area contributed by atoms with Crippen molar-refractivity contribution in [2.45, 2.75) is 39.2 Å². The standard InChI is InChI=1S/C15H20O3/c1-7-4-5-10-8(2)15(17)18-14(10)13-9(3)12(16)6-11(7)13/h7,9-11,13-14H,2,4-6H2,1,3H3/t7-,9+,10-,11+,13-,14-/m0/s1. The predicted octanol–water partition coefficient (Wildman–Crippen LogP) is 2.36. The molecule has 0 radical (unpaired) electrons. The minimum Gasteiger partial charge on any atom is -0.458 e. The van der Waals surface area contributed by atoms with Crippen molar-refractivity contribution < 1.29 is 14.3 Å². The molecular weight excluding hydrogens is 228 g/mol. The molecule has 1 aliphatic heterocycles. The number of carbonyl (C=O) groups excluding carboxylic acids is 2. The van der Waals surface area contributed by atoms with Crippen molar-refractivity contribution >= 4 is 11.8 Å². The predicted molar refractivity (Wildman–Crippen MR) is 66.7 cm³/mol. The Morgan fingerprint density at radius 3 is 2.67 bits per heavy atom. The number of ether oxygens (including phenoxy) is 1. The van der Waals surface area contributed by atoms with Crippen molar-refractivity contribution in [2.75, 3.05) is 0 Å². The van der Waals surface area contributed by atoms with Crippen LogP contribution in [0.15, 0.2) is 12.2 Å². The Morgan fingerprint density at radius 1 is 1.22 bits per heavy atom. The molecule has 2 saturated carbocycles. The first-order valence-corrected chi connectivity index (χ1v) is 6.93. The van der Waals surface area contributed by atoms with Crippen LogP contribution in [0.5, 0.6) is 0 Å². The van der Waals surface area contributed by atoms with Crippen molar-refractivity contribution in [1.29, 1.82) is 0 Å². The van der Waals surface area contributed by atoms with Crippen LogP contribution in [-0.2, 0) is 14.3 Å². The highest BCUT2D eigenvalue weighted by Crippen LogP contribution is 2.51. The van der Waals surface area contributed by atoms with Gasteiger partial charge in [-0.25, -0.2) is 4.79 Å². The molecule has 0 amide bonds. The van der Waals surface area contributed by atoms with Gasteiger partial charge in [0.2, 0.25) is 0 Å². The zero-order chi connectivity index (χ0) is 13.0. The molecule has 0 aromatic carbocycles. The largest absolute Gasteiger partial charge is 0.458 e. The summed E-state index contributed by atoms with van der Waals surface area (Å²) in [5, 5.41) is 0. The smallest absolute Gasteiger partial charge is 0.334 e. The Balaban J connectivity index is 1.98. The molecule has 0 N–H and O–H groups in total. The van der Waals surface area contributed by atoms with E-state index in [1.165, 1.54) is 0 Å². The van der Waals surface area contributed by atoms with Crippen LogP contribution in [0.4, 0.5) is 0 Å². The van der Waals surface area contributed by atoms with Gasteiger partial charge in [0.15, 0.2) is 0 Å². The van der Waals surface area contributed by atoms with Gasteiger partial charge in [0.05, 0.1) is 0 Å². The van der Waals surface area contributed by atoms with E-state index in [4.69, 9.17) is 4.74 Å². The van der Waals surface area contributed by atoms with E-state index in [2.05, 4.69) is 13.5 Å². The summed E-state index contributed by atoms with van der Waals surface area (Å²) in [5.74, 6) is 1.41. The van der Waals surface area contributed by atoms with Crippen LogP contribution < -0.4 is 0 Å². The Hall–Kier alpha value is -1.12. The van der Waals surface area contributed by atoms with Gasteiger partial charge < -0.3 is 4.74 Å². The van der Waals surface area contributed by atoms with E-state index in [-0.39, 0.29) is 29.8 Å². The Morgan fingerprint density at radius 2 is 1.94 bits per heavy atom. The Bertz CT molecular complexity index is 425. The normalized spacial score (nSPS) is 47.6. The molecule has 3 fully saturated rings. The summed E-state index contributed by atoms with van der Waals surface area (Å²) < 4.78 is 5.55. The van der Waals surface area contributed by atoms with Gasteiger partial charge in [-0.1, -0.05) is 20.4 Å². The molecule has 0 aromatic rings. The molecule has 3 rings (SSSR count). The first kappa shape index (κ1) is 11.9. The van der Waals surface area contributed by atoms with Crippen molar-refractivity contribution in [2.24, 2.45) is 29.6 Å². The highest BCUT2D eigenvalue weighted by atomic mass is 16.6. The molecule has 0 aromatic heterocycles. The molecule has 1 heterocycles. The van der Waals surface area contributed by atoms with Crippen LogP contribution in [-0.4, -0.2) is 17.9 Å². The molecule has 98 valence electrons. The third kappa shape index (κ3) is 1.49. The third-order valence-electron chi connectivity index (χ3n) is 5.41. The van der Waals surface area contributed by atoms with E-state index in [1.807, 2.05) is 6.92 Å². The van der Waals surface area contributed by atoms with Crippen molar-refractivity contribution in [3.05, 3.63) is 12.2 Å². The minimum absolute atomic E-state index is 0.0294. The average Bonchev–Trinajstić information content (AvgIpc) is 2.72. The summed E-state index contributed by atoms with van der Waals surface area (Å²) in [5.41, 5.74) is 0.624. The third-order valence-corrected chi connectivity index (χ3v) is 5.41. The van der Waals surface area contributed by atoms with Crippen LogP contribution >= 0.6 is 0 Å². The number of hydrogen-bond acceptors (Lipinski definition) is 3. The lowest BCUT2D eigenvalue weighted by molar-refractivity contribution is -0.143. The van der Waals surface area contributed by atoms with E-state index in [1.54, 1.807) is 0 Å². The van der Waals surface area contributed by atoms with Gasteiger partial charge in [0.1, 0.15) is 11.9 Å². The summed E-state index contributed by atoms with van der Waals surface area (Å²) in [6.07, 6.45) is 2.61. The lowest BCUT2D eigenvalue weighted by atomic mass is 9.78. The number of ketones is 1. The lowest BCUT2D eigenvalue weighted by Gasteiger charge is -2.29. The van der Waals surface area contributed by atoms with Crippen LogP contribution in [0.2, 0.25) is 0 Å². The van der Waals surface area contributed by atoms with Crippen LogP contribution in [0.25, 0.3) is 0 Å². The SMILES string of the molecule is C=C1C(=O)O[C@@H]2[C@@H]3[C@H](CC(=O)[C@H]3C)[C@@H](C)CC[C@@H]12. The van der Waals surface area contributed by atoms with Crippen LogP contribution in [0.1, 0.15) is 33.1 Å². The zero-order valence-electron chi connectivity index (χ0n) is 11.0. The summed E-state index contributed by atoms with van der Waals surface area (Å²) in [6.45, 7) is 8.11. The summed E-state index contributed by atoms with van der Waals surface area (Å²) in [4.78, 5) is 23.7. The number of fused-ring (bicyclic) bond motifs is 3. The van der Waals surface area contributed by atoms with E-state index < -0.39 is 0 Å². The fourth-order valence-corrected chi connectivity index (χ4v) is 4.22. The summed E-state index contributed by atoms with van der Waals surface area (Å²) in [6, 6.07) is 0. The van der Waals surface area contributed by atoms with Gasteiger partial charge in [-0.2, -0.15) is 0 Å². The lowest BCUT2D eigenvalue weighted by Crippen LogP contribution is -2.33. The van der Waals surface area contributed by atoms with E-state index in [0.29, 0.717) is 29.6 Å². The highest BCUT2D eigenvalue weighted by Gasteiger charge is 2.54. The molecule has 3 nitrogen and oxygen atoms in total. The molecule has 1 saturated heterocycles. The van der Waals surface area contributed by atoms with Crippen LogP contribution in [0.3, 0.4) is 0 Å². The van der Waals surface area contributed by atoms with E-state index in [0.717, 1.165) is 12.8 Å². The van der Waals surface area contributed by atoms with Gasteiger partial charge in [-0.15, -0.1) is 0 Å². The molecule has 0 unspecified atom stereocenters. The maximum Gasteiger partial charge on any atom is 0.334 e. The van der Waals surface area contributed by atoms with Crippen molar-refractivity contribution in [1.82, 2.24) is 0 Å². The number of rotatable bonds is 0. The zero-order valence-corrected chi connectivity index (χ0v) is 11.0. The second kappa shape index (κ2) is 3.94. The second-order valence-corrected chi connectivity index (χ2v) is 6.26. The Labute approximate surface area is 108 Å². The maximum atomic E-state index is 12.0. The molecular formula is C15H20O3. The van der Waals surface area contributed by atoms with E-state index >= 15 is 0 Å². The molecule has 2 aliphatic carbocycles. The molecule has 0 bridgehead atoms.